The van der Waals surface area contributed by atoms with Gasteiger partial charge in [0.15, 0.2) is 0 Å². The minimum atomic E-state index is -0.296. The molecule has 0 bridgehead atoms. The number of H-pyrrole nitrogens is 1. The van der Waals surface area contributed by atoms with Gasteiger partial charge in [0, 0.05) is 18.4 Å². The summed E-state index contributed by atoms with van der Waals surface area (Å²) in [5.41, 5.74) is 1.79. The SMILES string of the molecule is CC[C@H]1N(C(C)=O)c2ccccc2-c2c(=O)[nH]c(SC)n[n+]21. The highest BCUT2D eigenvalue weighted by Crippen LogP contribution is 2.35. The minimum absolute atomic E-state index is 0.0646. The Bertz CT molecular complexity index is 802. The molecule has 1 N–H and O–H groups in total. The molecule has 1 aromatic heterocycles. The summed E-state index contributed by atoms with van der Waals surface area (Å²) in [4.78, 5) is 29.2. The monoisotopic (exact) mass is 317 g/mol. The van der Waals surface area contributed by atoms with Gasteiger partial charge in [0.1, 0.15) is 0 Å². The van der Waals surface area contributed by atoms with E-state index >= 15 is 0 Å². The summed E-state index contributed by atoms with van der Waals surface area (Å²) >= 11 is 1.37. The number of thioether (sulfide) groups is 1. The van der Waals surface area contributed by atoms with Crippen LogP contribution >= 0.6 is 11.8 Å². The Labute approximate surface area is 132 Å². The fourth-order valence-corrected chi connectivity index (χ4v) is 3.24. The average Bonchev–Trinajstić information content (AvgIpc) is 2.52. The predicted octanol–water partition coefficient (Wildman–Crippen LogP) is 1.72. The van der Waals surface area contributed by atoms with Gasteiger partial charge in [-0.25, -0.2) is 0 Å². The lowest BCUT2D eigenvalue weighted by atomic mass is 10.0. The molecule has 6 nitrogen and oxygen atoms in total. The maximum Gasteiger partial charge on any atom is 0.325 e. The molecule has 0 spiro atoms. The quantitative estimate of drug-likeness (QED) is 0.676. The van der Waals surface area contributed by atoms with Crippen LogP contribution in [-0.4, -0.2) is 22.2 Å². The van der Waals surface area contributed by atoms with E-state index in [9.17, 15) is 9.59 Å². The van der Waals surface area contributed by atoms with E-state index < -0.39 is 0 Å². The van der Waals surface area contributed by atoms with Gasteiger partial charge < -0.3 is 0 Å². The van der Waals surface area contributed by atoms with Crippen molar-refractivity contribution in [3.63, 3.8) is 0 Å². The Morgan fingerprint density at radius 3 is 2.82 bits per heavy atom. The molecule has 1 atom stereocenters. The number of carbonyl (C=O) groups is 1. The number of aromatic amines is 1. The lowest BCUT2D eigenvalue weighted by molar-refractivity contribution is -0.771. The van der Waals surface area contributed by atoms with E-state index in [0.29, 0.717) is 17.3 Å². The van der Waals surface area contributed by atoms with Crippen molar-refractivity contribution in [3.05, 3.63) is 34.6 Å². The molecule has 1 aliphatic rings. The molecule has 22 heavy (non-hydrogen) atoms. The smallest absolute Gasteiger partial charge is 0.291 e. The molecular weight excluding hydrogens is 300 g/mol. The second-order valence-electron chi connectivity index (χ2n) is 5.05. The number of carbonyl (C=O) groups excluding carboxylic acids is 1. The predicted molar refractivity (Wildman–Crippen MR) is 84.8 cm³/mol. The van der Waals surface area contributed by atoms with Crippen molar-refractivity contribution < 1.29 is 9.48 Å². The van der Waals surface area contributed by atoms with Crippen molar-refractivity contribution in [2.24, 2.45) is 0 Å². The lowest BCUT2D eigenvalue weighted by Crippen LogP contribution is -2.60. The largest absolute Gasteiger partial charge is 0.325 e. The van der Waals surface area contributed by atoms with E-state index in [-0.39, 0.29) is 17.6 Å². The summed E-state index contributed by atoms with van der Waals surface area (Å²) in [7, 11) is 0. The van der Waals surface area contributed by atoms with Crippen LogP contribution < -0.4 is 15.1 Å². The van der Waals surface area contributed by atoms with Crippen LogP contribution in [0.2, 0.25) is 0 Å². The molecule has 0 saturated carbocycles. The first kappa shape index (κ1) is 14.8. The topological polar surface area (TPSA) is 69.9 Å². The fraction of sp³-hybridized carbons (Fsp3) is 0.333. The van der Waals surface area contributed by atoms with Gasteiger partial charge in [0.25, 0.3) is 6.17 Å². The molecule has 1 aromatic carbocycles. The molecule has 0 aliphatic carbocycles. The van der Waals surface area contributed by atoms with E-state index in [4.69, 9.17) is 0 Å². The van der Waals surface area contributed by atoms with Gasteiger partial charge in [0.05, 0.1) is 11.3 Å². The zero-order valence-electron chi connectivity index (χ0n) is 12.7. The third-order valence-electron chi connectivity index (χ3n) is 3.76. The molecule has 1 amide bonds. The van der Waals surface area contributed by atoms with E-state index in [0.717, 1.165) is 11.3 Å². The Morgan fingerprint density at radius 2 is 2.18 bits per heavy atom. The van der Waals surface area contributed by atoms with Crippen LogP contribution in [0.1, 0.15) is 26.4 Å². The van der Waals surface area contributed by atoms with Crippen LogP contribution in [0, 0.1) is 0 Å². The second kappa shape index (κ2) is 5.57. The first-order chi connectivity index (χ1) is 10.6. The van der Waals surface area contributed by atoms with E-state index in [1.54, 1.807) is 9.58 Å². The van der Waals surface area contributed by atoms with E-state index in [2.05, 4.69) is 10.1 Å². The number of fused-ring (bicyclic) bond motifs is 3. The summed E-state index contributed by atoms with van der Waals surface area (Å²) in [6, 6.07) is 7.44. The fourth-order valence-electron chi connectivity index (χ4n) is 2.88. The van der Waals surface area contributed by atoms with Crippen molar-refractivity contribution in [1.82, 2.24) is 10.1 Å². The third-order valence-corrected chi connectivity index (χ3v) is 4.33. The number of rotatable bonds is 2. The Balaban J connectivity index is 2.38. The van der Waals surface area contributed by atoms with Gasteiger partial charge >= 0.3 is 11.3 Å². The van der Waals surface area contributed by atoms with Crippen LogP contribution in [0.5, 0.6) is 0 Å². The van der Waals surface area contributed by atoms with Gasteiger partial charge in [-0.15, -0.1) is 0 Å². The highest BCUT2D eigenvalue weighted by Gasteiger charge is 2.42. The number of para-hydroxylation sites is 1. The maximum absolute atomic E-state index is 12.5. The van der Waals surface area contributed by atoms with Crippen molar-refractivity contribution in [2.75, 3.05) is 11.2 Å². The Kier molecular flexibility index (Phi) is 3.74. The van der Waals surface area contributed by atoms with Crippen molar-refractivity contribution in [1.29, 1.82) is 0 Å². The first-order valence-corrected chi connectivity index (χ1v) is 8.30. The molecule has 0 saturated heterocycles. The highest BCUT2D eigenvalue weighted by atomic mass is 32.2. The molecule has 0 unspecified atom stereocenters. The average molecular weight is 317 g/mol. The first-order valence-electron chi connectivity index (χ1n) is 7.07. The molecular formula is C15H17N4O2S+. The van der Waals surface area contributed by atoms with Gasteiger partial charge in [0.2, 0.25) is 11.1 Å². The Hall–Kier alpha value is -2.15. The van der Waals surface area contributed by atoms with Gasteiger partial charge in [-0.2, -0.15) is 0 Å². The number of aromatic nitrogens is 3. The van der Waals surface area contributed by atoms with Crippen LogP contribution in [0.25, 0.3) is 11.3 Å². The normalized spacial score (nSPS) is 16.1. The van der Waals surface area contributed by atoms with Crippen molar-refractivity contribution >= 4 is 23.4 Å². The number of nitrogens with zero attached hydrogens (tertiary/aromatic N) is 3. The maximum atomic E-state index is 12.5. The van der Waals surface area contributed by atoms with Crippen molar-refractivity contribution in [2.45, 2.75) is 31.6 Å². The molecule has 114 valence electrons. The van der Waals surface area contributed by atoms with Gasteiger partial charge in [-0.1, -0.05) is 35.5 Å². The summed E-state index contributed by atoms with van der Waals surface area (Å²) in [6.45, 7) is 3.51. The van der Waals surface area contributed by atoms with E-state index in [1.165, 1.54) is 18.7 Å². The highest BCUT2D eigenvalue weighted by molar-refractivity contribution is 7.98. The molecule has 2 aromatic rings. The van der Waals surface area contributed by atoms with Crippen LogP contribution in [-0.2, 0) is 4.79 Å². The number of hydrogen-bond acceptors (Lipinski definition) is 4. The number of amides is 1. The number of nitrogens with one attached hydrogen (secondary N) is 1. The van der Waals surface area contributed by atoms with E-state index in [1.807, 2.05) is 37.4 Å². The molecule has 7 heteroatoms. The summed E-state index contributed by atoms with van der Waals surface area (Å²) < 4.78 is 1.68. The second-order valence-corrected chi connectivity index (χ2v) is 5.85. The van der Waals surface area contributed by atoms with Crippen molar-refractivity contribution in [3.8, 4) is 11.3 Å². The summed E-state index contributed by atoms with van der Waals surface area (Å²) in [5, 5.41) is 5.04. The molecule has 3 rings (SSSR count). The number of anilines is 1. The zero-order chi connectivity index (χ0) is 15.9. The summed E-state index contributed by atoms with van der Waals surface area (Å²) in [5.74, 6) is -0.0646. The minimum Gasteiger partial charge on any atom is -0.291 e. The molecule has 0 radical (unpaired) electrons. The standard InChI is InChI=1S/C15H16N4O2S/c1-4-12-18(9(2)20)11-8-6-5-7-10(11)13-14(21)16-15(22-3)17-19(12)13/h5-8,12H,4H2,1-3H3/p+1/t12-/m0/s1. The molecule has 2 heterocycles. The molecule has 1 aliphatic heterocycles. The van der Waals surface area contributed by atoms with Crippen LogP contribution in [0.3, 0.4) is 0 Å². The van der Waals surface area contributed by atoms with Gasteiger partial charge in [-0.3, -0.25) is 19.5 Å². The summed E-state index contributed by atoms with van der Waals surface area (Å²) in [6.07, 6.45) is 2.22. The number of hydrogen-bond donors (Lipinski definition) is 1. The lowest BCUT2D eigenvalue weighted by Gasteiger charge is -2.30. The van der Waals surface area contributed by atoms with Crippen LogP contribution in [0.4, 0.5) is 5.69 Å². The van der Waals surface area contributed by atoms with Crippen LogP contribution in [0.15, 0.2) is 34.2 Å². The van der Waals surface area contributed by atoms with Gasteiger partial charge in [-0.05, 0) is 18.4 Å². The molecule has 0 fully saturated rings. The third kappa shape index (κ3) is 2.12. The Morgan fingerprint density at radius 1 is 1.45 bits per heavy atom. The number of benzene rings is 1. The zero-order valence-corrected chi connectivity index (χ0v) is 13.5.